The summed E-state index contributed by atoms with van der Waals surface area (Å²) >= 11 is 0. The van der Waals surface area contributed by atoms with Crippen LogP contribution in [0.1, 0.15) is 10.4 Å². The van der Waals surface area contributed by atoms with Crippen molar-refractivity contribution in [2.75, 3.05) is 0 Å². The third-order valence-corrected chi connectivity index (χ3v) is 2.47. The Kier molecular flexibility index (Phi) is 3.84. The normalized spacial score (nSPS) is 9.90. The van der Waals surface area contributed by atoms with Crippen LogP contribution < -0.4 is 4.74 Å². The predicted molar refractivity (Wildman–Crippen MR) is 68.9 cm³/mol. The lowest BCUT2D eigenvalue weighted by Crippen LogP contribution is -2.09. The summed E-state index contributed by atoms with van der Waals surface area (Å²) in [4.78, 5) is 35.4. The number of non-ortho nitro benzene ring substituents is 1. The Hall–Kier alpha value is -3.36. The van der Waals surface area contributed by atoms with Crippen molar-refractivity contribution in [1.29, 1.82) is 0 Å². The van der Waals surface area contributed by atoms with Crippen molar-refractivity contribution in [2.24, 2.45) is 0 Å². The molecule has 0 N–H and O–H groups in total. The average molecular weight is 289 g/mol. The van der Waals surface area contributed by atoms with Gasteiger partial charge in [-0.05, 0) is 18.2 Å². The molecule has 0 aliphatic carbocycles. The molecule has 0 spiro atoms. The van der Waals surface area contributed by atoms with Gasteiger partial charge in [-0.2, -0.15) is 0 Å². The third kappa shape index (κ3) is 3.15. The summed E-state index contributed by atoms with van der Waals surface area (Å²) in [7, 11) is 0. The zero-order chi connectivity index (χ0) is 15.4. The number of rotatable bonds is 4. The second-order valence-corrected chi connectivity index (χ2v) is 3.79. The number of hydrogen-bond acceptors (Lipinski definition) is 7. The minimum atomic E-state index is -0.859. The highest BCUT2D eigenvalue weighted by Gasteiger charge is 2.23. The van der Waals surface area contributed by atoms with Crippen LogP contribution in [-0.2, 0) is 0 Å². The Morgan fingerprint density at radius 2 is 1.71 bits per heavy atom. The summed E-state index contributed by atoms with van der Waals surface area (Å²) in [6.45, 7) is 0. The average Bonchev–Trinajstić information content (AvgIpc) is 2.48. The van der Waals surface area contributed by atoms with Crippen molar-refractivity contribution >= 4 is 17.3 Å². The summed E-state index contributed by atoms with van der Waals surface area (Å²) in [5.74, 6) is -1.19. The number of esters is 1. The molecule has 0 bridgehead atoms. The Balaban J connectivity index is 2.34. The van der Waals surface area contributed by atoms with Crippen LogP contribution in [0.15, 0.2) is 42.7 Å². The van der Waals surface area contributed by atoms with Gasteiger partial charge in [0.1, 0.15) is 0 Å². The number of nitro groups is 2. The molecule has 1 heterocycles. The van der Waals surface area contributed by atoms with Crippen LogP contribution in [0.2, 0.25) is 0 Å². The molecule has 0 amide bonds. The van der Waals surface area contributed by atoms with E-state index < -0.39 is 27.2 Å². The summed E-state index contributed by atoms with van der Waals surface area (Å²) in [5.41, 5.74) is -0.977. The van der Waals surface area contributed by atoms with E-state index in [1.807, 2.05) is 0 Å². The van der Waals surface area contributed by atoms with Gasteiger partial charge in [-0.1, -0.05) is 0 Å². The van der Waals surface area contributed by atoms with Gasteiger partial charge in [-0.15, -0.1) is 0 Å². The quantitative estimate of drug-likeness (QED) is 0.365. The fourth-order valence-electron chi connectivity index (χ4n) is 1.50. The van der Waals surface area contributed by atoms with E-state index in [4.69, 9.17) is 4.74 Å². The molecule has 0 aliphatic heterocycles. The molecule has 0 radical (unpaired) electrons. The molecule has 0 atom stereocenters. The number of carbonyl (C=O) groups is 1. The number of nitrogens with zero attached hydrogens (tertiary/aromatic N) is 3. The summed E-state index contributed by atoms with van der Waals surface area (Å²) < 4.78 is 4.90. The standard InChI is InChI=1S/C12H7N3O6/c16-12(8-3-5-13-6-4-8)21-11-2-1-9(14(17)18)7-10(11)15(19)20/h1-7H. The van der Waals surface area contributed by atoms with Gasteiger partial charge in [-0.25, -0.2) is 4.79 Å². The molecule has 0 aliphatic rings. The maximum atomic E-state index is 11.8. The molecule has 0 fully saturated rings. The monoisotopic (exact) mass is 289 g/mol. The van der Waals surface area contributed by atoms with Crippen molar-refractivity contribution in [1.82, 2.24) is 4.98 Å². The highest BCUT2D eigenvalue weighted by Crippen LogP contribution is 2.31. The van der Waals surface area contributed by atoms with Crippen LogP contribution >= 0.6 is 0 Å². The fourth-order valence-corrected chi connectivity index (χ4v) is 1.50. The van der Waals surface area contributed by atoms with Gasteiger partial charge in [0.25, 0.3) is 5.69 Å². The number of pyridine rings is 1. The van der Waals surface area contributed by atoms with E-state index in [9.17, 15) is 25.0 Å². The first kappa shape index (κ1) is 14.1. The van der Waals surface area contributed by atoms with Crippen molar-refractivity contribution in [3.63, 3.8) is 0 Å². The van der Waals surface area contributed by atoms with E-state index in [2.05, 4.69) is 4.98 Å². The lowest BCUT2D eigenvalue weighted by molar-refractivity contribution is -0.394. The van der Waals surface area contributed by atoms with Crippen molar-refractivity contribution in [3.05, 3.63) is 68.5 Å². The lowest BCUT2D eigenvalue weighted by Gasteiger charge is -2.04. The molecule has 2 rings (SSSR count). The maximum Gasteiger partial charge on any atom is 0.343 e. The zero-order valence-electron chi connectivity index (χ0n) is 10.3. The van der Waals surface area contributed by atoms with Crippen molar-refractivity contribution in [3.8, 4) is 5.75 Å². The van der Waals surface area contributed by atoms with E-state index in [0.29, 0.717) is 0 Å². The Morgan fingerprint density at radius 3 is 2.29 bits per heavy atom. The summed E-state index contributed by atoms with van der Waals surface area (Å²) in [6, 6.07) is 5.51. The van der Waals surface area contributed by atoms with Gasteiger partial charge in [0.15, 0.2) is 0 Å². The first-order valence-electron chi connectivity index (χ1n) is 5.54. The van der Waals surface area contributed by atoms with Gasteiger partial charge in [-0.3, -0.25) is 25.2 Å². The van der Waals surface area contributed by atoms with E-state index >= 15 is 0 Å². The van der Waals surface area contributed by atoms with Gasteiger partial charge < -0.3 is 4.74 Å². The predicted octanol–water partition coefficient (Wildman–Crippen LogP) is 2.12. The molecule has 106 valence electrons. The highest BCUT2D eigenvalue weighted by molar-refractivity contribution is 5.91. The van der Waals surface area contributed by atoms with E-state index in [1.54, 1.807) is 0 Å². The van der Waals surface area contributed by atoms with Crippen molar-refractivity contribution < 1.29 is 19.4 Å². The number of carbonyl (C=O) groups excluding carboxylic acids is 1. The summed E-state index contributed by atoms with van der Waals surface area (Å²) in [6.07, 6.45) is 2.72. The second kappa shape index (κ2) is 5.74. The molecule has 0 saturated heterocycles. The van der Waals surface area contributed by atoms with Crippen LogP contribution in [-0.4, -0.2) is 20.8 Å². The first-order valence-corrected chi connectivity index (χ1v) is 5.54. The smallest absolute Gasteiger partial charge is 0.343 e. The minimum absolute atomic E-state index is 0.151. The highest BCUT2D eigenvalue weighted by atomic mass is 16.6. The van der Waals surface area contributed by atoms with Crippen LogP contribution in [0.5, 0.6) is 5.75 Å². The molecular weight excluding hydrogens is 282 g/mol. The van der Waals surface area contributed by atoms with Crippen LogP contribution in [0.25, 0.3) is 0 Å². The second-order valence-electron chi connectivity index (χ2n) is 3.79. The molecule has 0 saturated carbocycles. The SMILES string of the molecule is O=C(Oc1ccc([N+](=O)[O-])cc1[N+](=O)[O-])c1ccncc1. The van der Waals surface area contributed by atoms with E-state index in [0.717, 1.165) is 18.2 Å². The largest absolute Gasteiger partial charge is 0.416 e. The lowest BCUT2D eigenvalue weighted by atomic mass is 10.2. The van der Waals surface area contributed by atoms with E-state index in [1.165, 1.54) is 24.5 Å². The third-order valence-electron chi connectivity index (χ3n) is 2.47. The minimum Gasteiger partial charge on any atom is -0.416 e. The number of hydrogen-bond donors (Lipinski definition) is 0. The topological polar surface area (TPSA) is 125 Å². The Labute approximate surface area is 117 Å². The molecule has 9 nitrogen and oxygen atoms in total. The van der Waals surface area contributed by atoms with Gasteiger partial charge in [0.05, 0.1) is 21.5 Å². The Morgan fingerprint density at radius 1 is 1.05 bits per heavy atom. The molecule has 1 aromatic heterocycles. The number of aromatic nitrogens is 1. The van der Waals surface area contributed by atoms with Gasteiger partial charge >= 0.3 is 11.7 Å². The number of nitro benzene ring substituents is 2. The molecule has 2 aromatic rings. The van der Waals surface area contributed by atoms with Crippen LogP contribution in [0, 0.1) is 20.2 Å². The van der Waals surface area contributed by atoms with Crippen LogP contribution in [0.4, 0.5) is 11.4 Å². The van der Waals surface area contributed by atoms with Gasteiger partial charge in [0, 0.05) is 18.5 Å². The summed E-state index contributed by atoms with van der Waals surface area (Å²) in [5, 5.41) is 21.5. The first-order chi connectivity index (χ1) is 9.99. The fraction of sp³-hybridized carbons (Fsp3) is 0. The molecular formula is C12H7N3O6. The zero-order valence-corrected chi connectivity index (χ0v) is 10.3. The molecule has 9 heteroatoms. The molecule has 21 heavy (non-hydrogen) atoms. The number of ether oxygens (including phenoxy) is 1. The molecule has 1 aromatic carbocycles. The van der Waals surface area contributed by atoms with Crippen molar-refractivity contribution in [2.45, 2.75) is 0 Å². The van der Waals surface area contributed by atoms with Crippen LogP contribution in [0.3, 0.4) is 0 Å². The maximum absolute atomic E-state index is 11.8. The van der Waals surface area contributed by atoms with E-state index in [-0.39, 0.29) is 11.3 Å². The van der Waals surface area contributed by atoms with Gasteiger partial charge in [0.2, 0.25) is 5.75 Å². The number of benzene rings is 1. The molecule has 0 unspecified atom stereocenters. The Bertz CT molecular complexity index is 716.